The molecule has 0 radical (unpaired) electrons. The molecule has 1 saturated heterocycles. The molecule has 1 amide bonds. The highest BCUT2D eigenvalue weighted by molar-refractivity contribution is 7.88. The van der Waals surface area contributed by atoms with E-state index in [9.17, 15) is 13.2 Å². The molecule has 6 nitrogen and oxygen atoms in total. The van der Waals surface area contributed by atoms with E-state index in [1.54, 1.807) is 12.1 Å². The normalized spacial score (nSPS) is 18.6. The Kier molecular flexibility index (Phi) is 8.37. The molecule has 1 aromatic rings. The molecule has 1 heterocycles. The summed E-state index contributed by atoms with van der Waals surface area (Å²) in [5, 5.41) is 3.72. The van der Waals surface area contributed by atoms with Gasteiger partial charge in [0, 0.05) is 29.7 Å². The highest BCUT2D eigenvalue weighted by atomic mass is 35.5. The van der Waals surface area contributed by atoms with Crippen molar-refractivity contribution in [2.45, 2.75) is 25.0 Å². The van der Waals surface area contributed by atoms with Crippen LogP contribution in [0, 0.1) is 5.92 Å². The molecule has 1 aromatic carbocycles. The third-order valence-corrected chi connectivity index (χ3v) is 6.96. The largest absolute Gasteiger partial charge is 0.356 e. The van der Waals surface area contributed by atoms with Crippen molar-refractivity contribution < 1.29 is 13.2 Å². The lowest BCUT2D eigenvalue weighted by Crippen LogP contribution is -2.46. The van der Waals surface area contributed by atoms with Crippen LogP contribution in [-0.4, -0.2) is 63.8 Å². The average molecular weight is 436 g/mol. The Labute approximate surface area is 171 Å². The number of hydrogen-bond acceptors (Lipinski definition) is 4. The van der Waals surface area contributed by atoms with Crippen molar-refractivity contribution >= 4 is 39.1 Å². The molecule has 2 rings (SSSR count). The number of carbonyl (C=O) groups is 1. The molecule has 1 aliphatic heterocycles. The number of sulfonamides is 1. The topological polar surface area (TPSA) is 69.7 Å². The van der Waals surface area contributed by atoms with Crippen LogP contribution in [0.2, 0.25) is 10.0 Å². The summed E-state index contributed by atoms with van der Waals surface area (Å²) >= 11 is 12.0. The van der Waals surface area contributed by atoms with Crippen molar-refractivity contribution in [1.82, 2.24) is 14.5 Å². The maximum atomic E-state index is 12.8. The number of carbonyl (C=O) groups excluding carboxylic acids is 1. The molecular weight excluding hydrogens is 409 g/mol. The Bertz CT molecular complexity index is 756. The van der Waals surface area contributed by atoms with Crippen LogP contribution < -0.4 is 5.32 Å². The Balaban J connectivity index is 1.94. The number of nitrogens with zero attached hydrogens (tertiary/aromatic N) is 2. The summed E-state index contributed by atoms with van der Waals surface area (Å²) in [5.74, 6) is -0.577. The summed E-state index contributed by atoms with van der Waals surface area (Å²) in [6, 6.07) is 4.79. The minimum absolute atomic E-state index is 0.0711. The van der Waals surface area contributed by atoms with Crippen LogP contribution in [0.4, 0.5) is 0 Å². The van der Waals surface area contributed by atoms with Gasteiger partial charge < -0.3 is 10.2 Å². The molecule has 27 heavy (non-hydrogen) atoms. The molecule has 1 atom stereocenters. The molecule has 0 spiro atoms. The molecule has 1 fully saturated rings. The van der Waals surface area contributed by atoms with Crippen molar-refractivity contribution in [2.24, 2.45) is 5.92 Å². The van der Waals surface area contributed by atoms with E-state index >= 15 is 0 Å². The zero-order valence-electron chi connectivity index (χ0n) is 15.7. The Morgan fingerprint density at radius 3 is 2.74 bits per heavy atom. The van der Waals surface area contributed by atoms with Gasteiger partial charge in [0.2, 0.25) is 15.9 Å². The molecule has 9 heteroatoms. The lowest BCUT2D eigenvalue weighted by Gasteiger charge is -2.31. The second-order valence-corrected chi connectivity index (χ2v) is 9.95. The molecule has 0 bridgehead atoms. The molecule has 0 aliphatic carbocycles. The number of nitrogens with one attached hydrogen (secondary N) is 1. The van der Waals surface area contributed by atoms with Gasteiger partial charge in [0.15, 0.2) is 0 Å². The lowest BCUT2D eigenvalue weighted by atomic mass is 9.99. The molecule has 152 valence electrons. The van der Waals surface area contributed by atoms with Crippen LogP contribution in [0.1, 0.15) is 24.8 Å². The summed E-state index contributed by atoms with van der Waals surface area (Å²) in [4.78, 5) is 14.4. The van der Waals surface area contributed by atoms with E-state index in [-0.39, 0.29) is 24.1 Å². The van der Waals surface area contributed by atoms with Gasteiger partial charge in [-0.05, 0) is 57.6 Å². The Morgan fingerprint density at radius 1 is 1.33 bits per heavy atom. The highest BCUT2D eigenvalue weighted by Gasteiger charge is 2.32. The monoisotopic (exact) mass is 435 g/mol. The van der Waals surface area contributed by atoms with E-state index in [0.717, 1.165) is 13.0 Å². The first kappa shape index (κ1) is 22.4. The van der Waals surface area contributed by atoms with Crippen molar-refractivity contribution in [1.29, 1.82) is 0 Å². The number of benzene rings is 1. The molecular formula is C18H27Cl2N3O3S. The van der Waals surface area contributed by atoms with Gasteiger partial charge in [0.25, 0.3) is 0 Å². The van der Waals surface area contributed by atoms with E-state index in [1.807, 2.05) is 14.1 Å². The minimum Gasteiger partial charge on any atom is -0.356 e. The van der Waals surface area contributed by atoms with Crippen LogP contribution >= 0.6 is 23.2 Å². The van der Waals surface area contributed by atoms with Crippen LogP contribution in [0.25, 0.3) is 0 Å². The molecule has 1 unspecified atom stereocenters. The summed E-state index contributed by atoms with van der Waals surface area (Å²) in [6.45, 7) is 2.14. The third kappa shape index (κ3) is 6.91. The molecule has 0 aromatic heterocycles. The van der Waals surface area contributed by atoms with Gasteiger partial charge in [-0.3, -0.25) is 4.79 Å². The fraction of sp³-hybridized carbons (Fsp3) is 0.611. The van der Waals surface area contributed by atoms with Crippen LogP contribution in [0.5, 0.6) is 0 Å². The summed E-state index contributed by atoms with van der Waals surface area (Å²) in [6.07, 6.45) is 2.24. The number of rotatable bonds is 8. The minimum atomic E-state index is -3.56. The van der Waals surface area contributed by atoms with E-state index in [2.05, 4.69) is 10.2 Å². The van der Waals surface area contributed by atoms with Crippen molar-refractivity contribution in [2.75, 3.05) is 40.3 Å². The van der Waals surface area contributed by atoms with Gasteiger partial charge in [0.05, 0.1) is 11.7 Å². The zero-order chi connectivity index (χ0) is 20.0. The van der Waals surface area contributed by atoms with E-state index in [1.165, 1.54) is 10.4 Å². The van der Waals surface area contributed by atoms with Crippen LogP contribution in [0.15, 0.2) is 18.2 Å². The van der Waals surface area contributed by atoms with Crippen molar-refractivity contribution in [3.05, 3.63) is 33.8 Å². The van der Waals surface area contributed by atoms with Crippen molar-refractivity contribution in [3.63, 3.8) is 0 Å². The highest BCUT2D eigenvalue weighted by Crippen LogP contribution is 2.26. The van der Waals surface area contributed by atoms with E-state index < -0.39 is 10.0 Å². The van der Waals surface area contributed by atoms with E-state index in [4.69, 9.17) is 23.2 Å². The maximum Gasteiger partial charge on any atom is 0.224 e. The van der Waals surface area contributed by atoms with Crippen molar-refractivity contribution in [3.8, 4) is 0 Å². The number of halogens is 2. The molecule has 1 aliphatic rings. The van der Waals surface area contributed by atoms with Gasteiger partial charge in [-0.1, -0.05) is 29.3 Å². The first-order valence-corrected chi connectivity index (χ1v) is 11.4. The smallest absolute Gasteiger partial charge is 0.224 e. The van der Waals surface area contributed by atoms with E-state index in [0.29, 0.717) is 41.5 Å². The predicted octanol–water partition coefficient (Wildman–Crippen LogP) is 2.60. The fourth-order valence-corrected chi connectivity index (χ4v) is 5.28. The molecule has 1 N–H and O–H groups in total. The first-order chi connectivity index (χ1) is 12.7. The number of hydrogen-bond donors (Lipinski definition) is 1. The Hall–Kier alpha value is -0.860. The predicted molar refractivity (Wildman–Crippen MR) is 110 cm³/mol. The quantitative estimate of drug-likeness (QED) is 0.637. The Morgan fingerprint density at radius 2 is 2.07 bits per heavy atom. The second kappa shape index (κ2) is 10.1. The maximum absolute atomic E-state index is 12.8. The fourth-order valence-electron chi connectivity index (χ4n) is 3.09. The third-order valence-electron chi connectivity index (χ3n) is 4.58. The van der Waals surface area contributed by atoms with Gasteiger partial charge in [-0.15, -0.1) is 0 Å². The van der Waals surface area contributed by atoms with Gasteiger partial charge in [-0.25, -0.2) is 12.7 Å². The average Bonchev–Trinajstić information content (AvgIpc) is 2.61. The standard InChI is InChI=1S/C18H27Cl2N3O3S/c1-22(2)9-4-8-21-18(24)14-5-3-10-23(12-14)27(25,26)13-15-6-7-16(19)11-17(15)20/h6-7,11,14H,3-5,8-10,12-13H2,1-2H3,(H,21,24). The van der Waals surface area contributed by atoms with Gasteiger partial charge in [0.1, 0.15) is 0 Å². The SMILES string of the molecule is CN(C)CCCNC(=O)C1CCCN(S(=O)(=O)Cc2ccc(Cl)cc2Cl)C1. The summed E-state index contributed by atoms with van der Waals surface area (Å²) in [7, 11) is 0.414. The first-order valence-electron chi connectivity index (χ1n) is 9.03. The number of piperidine rings is 1. The van der Waals surface area contributed by atoms with Crippen LogP contribution in [0.3, 0.4) is 0 Å². The number of amides is 1. The van der Waals surface area contributed by atoms with Gasteiger partial charge >= 0.3 is 0 Å². The van der Waals surface area contributed by atoms with Crippen LogP contribution in [-0.2, 0) is 20.6 Å². The molecule has 0 saturated carbocycles. The lowest BCUT2D eigenvalue weighted by molar-refractivity contribution is -0.126. The van der Waals surface area contributed by atoms with Gasteiger partial charge in [-0.2, -0.15) is 0 Å². The summed E-state index contributed by atoms with van der Waals surface area (Å²) < 4.78 is 27.0. The second-order valence-electron chi connectivity index (χ2n) is 7.14. The zero-order valence-corrected chi connectivity index (χ0v) is 18.1. The summed E-state index contributed by atoms with van der Waals surface area (Å²) in [5.41, 5.74) is 0.510.